The molecule has 7 nitrogen and oxygen atoms in total. The molecule has 2 N–H and O–H groups in total. The zero-order valence-corrected chi connectivity index (χ0v) is 13.7. The van der Waals surface area contributed by atoms with E-state index in [9.17, 15) is 14.4 Å². The molecule has 0 bridgehead atoms. The molecule has 0 radical (unpaired) electrons. The lowest BCUT2D eigenvalue weighted by Gasteiger charge is -2.20. The number of carbonyl (C=O) groups excluding carboxylic acids is 1. The van der Waals surface area contributed by atoms with Crippen molar-refractivity contribution in [2.75, 3.05) is 20.2 Å². The number of carboxylic acid groups (broad SMARTS) is 2. The van der Waals surface area contributed by atoms with Crippen LogP contribution in [0.15, 0.2) is 12.1 Å². The first-order valence-electron chi connectivity index (χ1n) is 5.52. The van der Waals surface area contributed by atoms with E-state index in [1.165, 1.54) is 19.2 Å². The minimum Gasteiger partial charge on any atom is -0.496 e. The number of ether oxygens (including phenoxy) is 1. The minimum absolute atomic E-state index is 0.00501. The van der Waals surface area contributed by atoms with E-state index in [-0.39, 0.29) is 16.3 Å². The summed E-state index contributed by atoms with van der Waals surface area (Å²) in [5.41, 5.74) is 0.00501. The number of hydrogen-bond acceptors (Lipinski definition) is 4. The number of halogens is 2. The molecule has 0 aromatic heterocycles. The molecule has 0 fully saturated rings. The predicted octanol–water partition coefficient (Wildman–Crippen LogP) is 1.56. The van der Waals surface area contributed by atoms with Gasteiger partial charge in [0.2, 0.25) is 0 Å². The van der Waals surface area contributed by atoms with Crippen molar-refractivity contribution in [3.05, 3.63) is 26.3 Å². The molecule has 0 atom stereocenters. The summed E-state index contributed by atoms with van der Waals surface area (Å²) in [4.78, 5) is 34.5. The predicted molar refractivity (Wildman–Crippen MR) is 81.9 cm³/mol. The molecule has 0 spiro atoms. The summed E-state index contributed by atoms with van der Waals surface area (Å²) < 4.78 is 5.70. The van der Waals surface area contributed by atoms with Crippen LogP contribution in [0.25, 0.3) is 0 Å². The number of carboxylic acids is 2. The Morgan fingerprint density at radius 2 is 1.76 bits per heavy atom. The van der Waals surface area contributed by atoms with Crippen molar-refractivity contribution in [1.29, 1.82) is 0 Å². The molecular formula is C12H11ClINO6. The van der Waals surface area contributed by atoms with Gasteiger partial charge < -0.3 is 19.8 Å². The second-order valence-corrected chi connectivity index (χ2v) is 5.48. The Hall–Kier alpha value is -1.55. The zero-order chi connectivity index (χ0) is 16.2. The summed E-state index contributed by atoms with van der Waals surface area (Å²) >= 11 is 7.88. The highest BCUT2D eigenvalue weighted by molar-refractivity contribution is 14.1. The summed E-state index contributed by atoms with van der Waals surface area (Å²) in [6, 6.07) is 2.83. The van der Waals surface area contributed by atoms with Gasteiger partial charge in [0.25, 0.3) is 5.91 Å². The zero-order valence-electron chi connectivity index (χ0n) is 10.8. The van der Waals surface area contributed by atoms with Gasteiger partial charge in [-0.1, -0.05) is 11.6 Å². The molecule has 114 valence electrons. The van der Waals surface area contributed by atoms with Gasteiger partial charge in [-0.05, 0) is 34.7 Å². The van der Waals surface area contributed by atoms with Gasteiger partial charge in [-0.15, -0.1) is 0 Å². The first kappa shape index (κ1) is 17.5. The topological polar surface area (TPSA) is 104 Å². The fraction of sp³-hybridized carbons (Fsp3) is 0.250. The first-order valence-corrected chi connectivity index (χ1v) is 6.97. The Bertz CT molecular complexity index is 575. The van der Waals surface area contributed by atoms with E-state index in [2.05, 4.69) is 0 Å². The highest BCUT2D eigenvalue weighted by atomic mass is 127. The molecule has 1 aromatic carbocycles. The van der Waals surface area contributed by atoms with E-state index in [1.807, 2.05) is 22.6 Å². The van der Waals surface area contributed by atoms with Gasteiger partial charge in [0.15, 0.2) is 0 Å². The maximum atomic E-state index is 12.3. The second kappa shape index (κ2) is 7.46. The third-order valence-electron chi connectivity index (χ3n) is 2.41. The van der Waals surface area contributed by atoms with E-state index in [0.717, 1.165) is 0 Å². The van der Waals surface area contributed by atoms with Crippen LogP contribution in [-0.2, 0) is 9.59 Å². The Kier molecular flexibility index (Phi) is 6.21. The standard InChI is InChI=1S/C12H11ClINO6/c1-21-9-3-8(14)7(13)2-6(9)12(20)15(4-10(16)17)5-11(18)19/h2-3H,4-5H2,1H3,(H,16,17)(H,18,19). The normalized spacial score (nSPS) is 10.0. The van der Waals surface area contributed by atoms with E-state index >= 15 is 0 Å². The number of carbonyl (C=O) groups is 3. The van der Waals surface area contributed by atoms with Crippen LogP contribution in [0.1, 0.15) is 10.4 Å². The number of benzene rings is 1. The number of amides is 1. The highest BCUT2D eigenvalue weighted by Crippen LogP contribution is 2.29. The number of hydrogen-bond donors (Lipinski definition) is 2. The van der Waals surface area contributed by atoms with E-state index in [0.29, 0.717) is 8.47 Å². The summed E-state index contributed by atoms with van der Waals surface area (Å²) in [5, 5.41) is 17.8. The van der Waals surface area contributed by atoms with Crippen molar-refractivity contribution in [2.45, 2.75) is 0 Å². The average Bonchev–Trinajstić information content (AvgIpc) is 2.38. The summed E-state index contributed by atoms with van der Waals surface area (Å²) in [5.74, 6) is -3.23. The molecule has 0 unspecified atom stereocenters. The second-order valence-electron chi connectivity index (χ2n) is 3.92. The van der Waals surface area contributed by atoms with Crippen molar-refractivity contribution >= 4 is 52.0 Å². The van der Waals surface area contributed by atoms with Crippen LogP contribution in [0.3, 0.4) is 0 Å². The molecule has 0 aliphatic heterocycles. The fourth-order valence-corrected chi connectivity index (χ4v) is 2.16. The lowest BCUT2D eigenvalue weighted by Crippen LogP contribution is -2.39. The van der Waals surface area contributed by atoms with Crippen LogP contribution in [0, 0.1) is 3.57 Å². The van der Waals surface area contributed by atoms with Gasteiger partial charge in [-0.3, -0.25) is 14.4 Å². The molecule has 1 rings (SSSR count). The molecule has 0 heterocycles. The lowest BCUT2D eigenvalue weighted by molar-refractivity contribution is -0.140. The van der Waals surface area contributed by atoms with Gasteiger partial charge >= 0.3 is 11.9 Å². The fourth-order valence-electron chi connectivity index (χ4n) is 1.56. The molecule has 1 aromatic rings. The summed E-state index contributed by atoms with van der Waals surface area (Å²) in [6.45, 7) is -1.48. The largest absolute Gasteiger partial charge is 0.496 e. The van der Waals surface area contributed by atoms with Gasteiger partial charge in [-0.2, -0.15) is 0 Å². The molecule has 0 saturated carbocycles. The molecule has 0 aliphatic carbocycles. The summed E-state index contributed by atoms with van der Waals surface area (Å²) in [6.07, 6.45) is 0. The van der Waals surface area contributed by atoms with Crippen molar-refractivity contribution in [3.63, 3.8) is 0 Å². The Morgan fingerprint density at radius 1 is 1.24 bits per heavy atom. The Labute approximate surface area is 138 Å². The Balaban J connectivity index is 3.21. The van der Waals surface area contributed by atoms with Crippen LogP contribution in [-0.4, -0.2) is 53.2 Å². The highest BCUT2D eigenvalue weighted by Gasteiger charge is 2.24. The van der Waals surface area contributed by atoms with E-state index in [4.69, 9.17) is 26.6 Å². The maximum absolute atomic E-state index is 12.3. The summed E-state index contributed by atoms with van der Waals surface area (Å²) in [7, 11) is 1.34. The van der Waals surface area contributed by atoms with Gasteiger partial charge in [-0.25, -0.2) is 0 Å². The SMILES string of the molecule is COc1cc(I)c(Cl)cc1C(=O)N(CC(=O)O)CC(=O)O. The number of nitrogens with zero attached hydrogens (tertiary/aromatic N) is 1. The van der Waals surface area contributed by atoms with Crippen molar-refractivity contribution < 1.29 is 29.3 Å². The Morgan fingerprint density at radius 3 is 2.19 bits per heavy atom. The number of methoxy groups -OCH3 is 1. The van der Waals surface area contributed by atoms with Crippen LogP contribution in [0.4, 0.5) is 0 Å². The minimum atomic E-state index is -1.32. The van der Waals surface area contributed by atoms with Gasteiger partial charge in [0.05, 0.1) is 17.7 Å². The van der Waals surface area contributed by atoms with Crippen LogP contribution in [0.5, 0.6) is 5.75 Å². The van der Waals surface area contributed by atoms with E-state index in [1.54, 1.807) is 0 Å². The third kappa shape index (κ3) is 4.74. The molecule has 0 aliphatic rings. The van der Waals surface area contributed by atoms with Crippen molar-refractivity contribution in [3.8, 4) is 5.75 Å². The third-order valence-corrected chi connectivity index (χ3v) is 3.94. The molecule has 9 heteroatoms. The molecular weight excluding hydrogens is 416 g/mol. The van der Waals surface area contributed by atoms with Crippen LogP contribution in [0.2, 0.25) is 5.02 Å². The van der Waals surface area contributed by atoms with Crippen LogP contribution >= 0.6 is 34.2 Å². The number of rotatable bonds is 6. The quantitative estimate of drug-likeness (QED) is 0.668. The smallest absolute Gasteiger partial charge is 0.323 e. The van der Waals surface area contributed by atoms with Gasteiger partial charge in [0.1, 0.15) is 18.8 Å². The molecule has 0 saturated heterocycles. The number of aliphatic carboxylic acids is 2. The molecule has 21 heavy (non-hydrogen) atoms. The lowest BCUT2D eigenvalue weighted by atomic mass is 10.1. The monoisotopic (exact) mass is 427 g/mol. The van der Waals surface area contributed by atoms with E-state index < -0.39 is 30.9 Å². The average molecular weight is 428 g/mol. The van der Waals surface area contributed by atoms with Crippen LogP contribution < -0.4 is 4.74 Å². The van der Waals surface area contributed by atoms with Crippen molar-refractivity contribution in [2.24, 2.45) is 0 Å². The first-order chi connectivity index (χ1) is 9.76. The van der Waals surface area contributed by atoms with Gasteiger partial charge in [0, 0.05) is 3.57 Å². The maximum Gasteiger partial charge on any atom is 0.323 e. The molecule has 1 amide bonds. The van der Waals surface area contributed by atoms with Crippen molar-refractivity contribution in [1.82, 2.24) is 4.90 Å².